The summed E-state index contributed by atoms with van der Waals surface area (Å²) in [5.74, 6) is 1.11. The Morgan fingerprint density at radius 3 is 2.35 bits per heavy atom. The van der Waals surface area contributed by atoms with Gasteiger partial charge in [0.15, 0.2) is 0 Å². The predicted octanol–water partition coefficient (Wildman–Crippen LogP) is 0.492. The lowest BCUT2D eigenvalue weighted by Gasteiger charge is -2.32. The van der Waals surface area contributed by atoms with Gasteiger partial charge in [0.05, 0.1) is 0 Å². The van der Waals surface area contributed by atoms with Crippen LogP contribution in [0.15, 0.2) is 0 Å². The van der Waals surface area contributed by atoms with Gasteiger partial charge in [-0.25, -0.2) is 0 Å². The molecule has 0 aromatic heterocycles. The Labute approximate surface area is 105 Å². The van der Waals surface area contributed by atoms with Crippen LogP contribution in [0.2, 0.25) is 0 Å². The first-order valence-electron chi connectivity index (χ1n) is 6.80. The molecular formula is C13H25N3O. The van der Waals surface area contributed by atoms with Crippen molar-refractivity contribution in [3.05, 3.63) is 0 Å². The highest BCUT2D eigenvalue weighted by Gasteiger charge is 2.23. The molecule has 98 valence electrons. The molecule has 2 fully saturated rings. The van der Waals surface area contributed by atoms with Crippen molar-refractivity contribution in [3.63, 3.8) is 0 Å². The van der Waals surface area contributed by atoms with E-state index >= 15 is 0 Å². The topological polar surface area (TPSA) is 26.8 Å². The average molecular weight is 239 g/mol. The monoisotopic (exact) mass is 239 g/mol. The third-order valence-corrected chi connectivity index (χ3v) is 4.11. The summed E-state index contributed by atoms with van der Waals surface area (Å²) in [6.07, 6.45) is 3.10. The number of hydrogen-bond donors (Lipinski definition) is 0. The van der Waals surface area contributed by atoms with E-state index in [2.05, 4.69) is 23.9 Å². The summed E-state index contributed by atoms with van der Waals surface area (Å²) in [5.41, 5.74) is 0. The number of piperazine rings is 1. The maximum atomic E-state index is 12.0. The van der Waals surface area contributed by atoms with Crippen LogP contribution in [-0.2, 0) is 4.79 Å². The Kier molecular flexibility index (Phi) is 4.40. The highest BCUT2D eigenvalue weighted by atomic mass is 16.2. The van der Waals surface area contributed by atoms with Crippen molar-refractivity contribution in [2.75, 3.05) is 53.4 Å². The minimum Gasteiger partial charge on any atom is -0.340 e. The first-order chi connectivity index (χ1) is 8.15. The van der Waals surface area contributed by atoms with Crippen molar-refractivity contribution in [2.24, 2.45) is 5.92 Å². The summed E-state index contributed by atoms with van der Waals surface area (Å²) in [6.45, 7) is 6.26. The highest BCUT2D eigenvalue weighted by Crippen LogP contribution is 2.20. The third-order valence-electron chi connectivity index (χ3n) is 4.11. The molecule has 2 heterocycles. The van der Waals surface area contributed by atoms with E-state index in [1.807, 2.05) is 4.90 Å². The van der Waals surface area contributed by atoms with Crippen LogP contribution in [0.3, 0.4) is 0 Å². The van der Waals surface area contributed by atoms with Crippen molar-refractivity contribution in [2.45, 2.75) is 19.3 Å². The number of rotatable bonds is 3. The Bertz CT molecular complexity index is 261. The SMILES string of the molecule is CN1CCN(C(=O)CC[C@H]2CCN(C)C2)CC1. The zero-order chi connectivity index (χ0) is 12.3. The third kappa shape index (κ3) is 3.68. The first-order valence-corrected chi connectivity index (χ1v) is 6.80. The van der Waals surface area contributed by atoms with Crippen LogP contribution in [0.1, 0.15) is 19.3 Å². The van der Waals surface area contributed by atoms with E-state index in [0.717, 1.165) is 44.9 Å². The molecule has 1 amide bonds. The van der Waals surface area contributed by atoms with Gasteiger partial charge in [0, 0.05) is 39.1 Å². The number of likely N-dealkylation sites (tertiary alicyclic amines) is 1. The van der Waals surface area contributed by atoms with Crippen LogP contribution in [0.5, 0.6) is 0 Å². The van der Waals surface area contributed by atoms with Gasteiger partial charge in [0.1, 0.15) is 0 Å². The number of carbonyl (C=O) groups is 1. The Balaban J connectivity index is 1.67. The Morgan fingerprint density at radius 1 is 1.06 bits per heavy atom. The number of hydrogen-bond acceptors (Lipinski definition) is 3. The Hall–Kier alpha value is -0.610. The molecule has 2 aliphatic rings. The minimum absolute atomic E-state index is 0.368. The molecule has 4 nitrogen and oxygen atoms in total. The predicted molar refractivity (Wildman–Crippen MR) is 68.9 cm³/mol. The molecule has 0 aliphatic carbocycles. The fraction of sp³-hybridized carbons (Fsp3) is 0.923. The Morgan fingerprint density at radius 2 is 1.76 bits per heavy atom. The summed E-state index contributed by atoms with van der Waals surface area (Å²) >= 11 is 0. The van der Waals surface area contributed by atoms with Crippen LogP contribution in [0, 0.1) is 5.92 Å². The van der Waals surface area contributed by atoms with E-state index in [1.165, 1.54) is 19.5 Å². The smallest absolute Gasteiger partial charge is 0.222 e. The van der Waals surface area contributed by atoms with Crippen molar-refractivity contribution in [1.29, 1.82) is 0 Å². The van der Waals surface area contributed by atoms with Gasteiger partial charge in [0.2, 0.25) is 5.91 Å². The molecule has 0 aromatic carbocycles. The van der Waals surface area contributed by atoms with Crippen LogP contribution in [0.4, 0.5) is 0 Å². The molecule has 17 heavy (non-hydrogen) atoms. The highest BCUT2D eigenvalue weighted by molar-refractivity contribution is 5.76. The zero-order valence-electron chi connectivity index (χ0n) is 11.2. The fourth-order valence-electron chi connectivity index (χ4n) is 2.80. The maximum Gasteiger partial charge on any atom is 0.222 e. The molecule has 2 rings (SSSR count). The first kappa shape index (κ1) is 12.8. The summed E-state index contributed by atoms with van der Waals surface area (Å²) in [6, 6.07) is 0. The van der Waals surface area contributed by atoms with E-state index in [0.29, 0.717) is 5.91 Å². The van der Waals surface area contributed by atoms with Gasteiger partial charge in [0.25, 0.3) is 0 Å². The van der Waals surface area contributed by atoms with Crippen LogP contribution in [-0.4, -0.2) is 74.0 Å². The second-order valence-electron chi connectivity index (χ2n) is 5.64. The van der Waals surface area contributed by atoms with Crippen molar-refractivity contribution < 1.29 is 4.79 Å². The number of nitrogens with zero attached hydrogens (tertiary/aromatic N) is 3. The van der Waals surface area contributed by atoms with Crippen molar-refractivity contribution >= 4 is 5.91 Å². The summed E-state index contributed by atoms with van der Waals surface area (Å²) < 4.78 is 0. The maximum absolute atomic E-state index is 12.0. The van der Waals surface area contributed by atoms with Gasteiger partial charge >= 0.3 is 0 Å². The van der Waals surface area contributed by atoms with Gasteiger partial charge in [-0.05, 0) is 39.4 Å². The van der Waals surface area contributed by atoms with Gasteiger partial charge in [-0.3, -0.25) is 4.79 Å². The van der Waals surface area contributed by atoms with Gasteiger partial charge in [-0.1, -0.05) is 0 Å². The van der Waals surface area contributed by atoms with E-state index in [4.69, 9.17) is 0 Å². The lowest BCUT2D eigenvalue weighted by atomic mass is 10.0. The lowest BCUT2D eigenvalue weighted by molar-refractivity contribution is -0.133. The van der Waals surface area contributed by atoms with Crippen LogP contribution < -0.4 is 0 Å². The number of carbonyl (C=O) groups excluding carboxylic acids is 1. The largest absolute Gasteiger partial charge is 0.340 e. The minimum atomic E-state index is 0.368. The van der Waals surface area contributed by atoms with Crippen molar-refractivity contribution in [3.8, 4) is 0 Å². The van der Waals surface area contributed by atoms with Gasteiger partial charge in [-0.15, -0.1) is 0 Å². The summed E-state index contributed by atoms with van der Waals surface area (Å²) in [4.78, 5) is 18.7. The van der Waals surface area contributed by atoms with Gasteiger partial charge in [-0.2, -0.15) is 0 Å². The quantitative estimate of drug-likeness (QED) is 0.717. The molecule has 0 bridgehead atoms. The molecule has 0 radical (unpaired) electrons. The lowest BCUT2D eigenvalue weighted by Crippen LogP contribution is -2.47. The zero-order valence-corrected chi connectivity index (χ0v) is 11.2. The molecule has 1 atom stereocenters. The van der Waals surface area contributed by atoms with Crippen LogP contribution in [0.25, 0.3) is 0 Å². The second kappa shape index (κ2) is 5.83. The number of likely N-dealkylation sites (N-methyl/N-ethyl adjacent to an activating group) is 1. The van der Waals surface area contributed by atoms with E-state index in [1.54, 1.807) is 0 Å². The van der Waals surface area contributed by atoms with Gasteiger partial charge < -0.3 is 14.7 Å². The van der Waals surface area contributed by atoms with Crippen LogP contribution >= 0.6 is 0 Å². The second-order valence-corrected chi connectivity index (χ2v) is 5.64. The molecule has 0 aromatic rings. The molecular weight excluding hydrogens is 214 g/mol. The molecule has 2 aliphatic heterocycles. The summed E-state index contributed by atoms with van der Waals surface area (Å²) in [7, 11) is 4.29. The van der Waals surface area contributed by atoms with E-state index in [-0.39, 0.29) is 0 Å². The molecule has 0 unspecified atom stereocenters. The molecule has 0 spiro atoms. The standard InChI is InChI=1S/C13H25N3O/c1-14-7-9-16(10-8-14)13(17)4-3-12-5-6-15(2)11-12/h12H,3-11H2,1-2H3/t12-/m0/s1. The molecule has 0 saturated carbocycles. The normalized spacial score (nSPS) is 27.6. The molecule has 2 saturated heterocycles. The van der Waals surface area contributed by atoms with E-state index in [9.17, 15) is 4.79 Å². The molecule has 4 heteroatoms. The van der Waals surface area contributed by atoms with Crippen molar-refractivity contribution in [1.82, 2.24) is 14.7 Å². The average Bonchev–Trinajstić information content (AvgIpc) is 2.73. The van der Waals surface area contributed by atoms with E-state index < -0.39 is 0 Å². The number of amides is 1. The molecule has 0 N–H and O–H groups in total. The summed E-state index contributed by atoms with van der Waals surface area (Å²) in [5, 5.41) is 0. The fourth-order valence-corrected chi connectivity index (χ4v) is 2.80.